The normalized spacial score (nSPS) is 14.1. The van der Waals surface area contributed by atoms with Gasteiger partial charge in [0.05, 0.1) is 5.69 Å². The molecule has 0 fully saturated rings. The van der Waals surface area contributed by atoms with Crippen molar-refractivity contribution in [3.8, 4) is 11.8 Å². The van der Waals surface area contributed by atoms with E-state index in [1.165, 1.54) is 0 Å². The second-order valence-corrected chi connectivity index (χ2v) is 5.32. The van der Waals surface area contributed by atoms with Crippen LogP contribution in [0.3, 0.4) is 0 Å². The van der Waals surface area contributed by atoms with Gasteiger partial charge in [-0.25, -0.2) is 9.37 Å². The average molecular weight is 295 g/mol. The first-order valence-corrected chi connectivity index (χ1v) is 7.40. The van der Waals surface area contributed by atoms with E-state index in [4.69, 9.17) is 0 Å². The number of hydrogen-bond donors (Lipinski definition) is 1. The summed E-state index contributed by atoms with van der Waals surface area (Å²) in [6, 6.07) is 5.92. The van der Waals surface area contributed by atoms with E-state index < -0.39 is 0 Å². The Morgan fingerprint density at radius 2 is 2.32 bits per heavy atom. The van der Waals surface area contributed by atoms with Gasteiger partial charge in [0.15, 0.2) is 0 Å². The highest BCUT2D eigenvalue weighted by Gasteiger charge is 2.08. The predicted octanol–water partition coefficient (Wildman–Crippen LogP) is 3.42. The van der Waals surface area contributed by atoms with Crippen molar-refractivity contribution in [1.82, 2.24) is 14.9 Å². The Morgan fingerprint density at radius 1 is 1.41 bits per heavy atom. The fraction of sp³-hybridized carbons (Fsp3) is 0.278. The Kier molecular flexibility index (Phi) is 4.24. The van der Waals surface area contributed by atoms with Crippen molar-refractivity contribution < 1.29 is 4.39 Å². The molecule has 0 atom stereocenters. The number of aromatic nitrogens is 2. The molecule has 2 aromatic rings. The maximum Gasteiger partial charge on any atom is 0.138 e. The van der Waals surface area contributed by atoms with Gasteiger partial charge >= 0.3 is 0 Å². The van der Waals surface area contributed by atoms with Crippen LogP contribution in [0.1, 0.15) is 18.5 Å². The van der Waals surface area contributed by atoms with Crippen molar-refractivity contribution in [2.45, 2.75) is 12.8 Å². The minimum Gasteiger partial charge on any atom is -0.375 e. The van der Waals surface area contributed by atoms with Crippen LogP contribution in [0.5, 0.6) is 0 Å². The molecule has 1 aliphatic rings. The first-order chi connectivity index (χ1) is 10.8. The molecule has 2 heterocycles. The maximum atomic E-state index is 12.4. The van der Waals surface area contributed by atoms with Crippen LogP contribution in [-0.2, 0) is 0 Å². The molecule has 0 amide bonds. The van der Waals surface area contributed by atoms with Crippen molar-refractivity contribution in [2.75, 3.05) is 20.3 Å². The average Bonchev–Trinajstić information content (AvgIpc) is 2.96. The molecule has 0 bridgehead atoms. The Hall–Kier alpha value is -2.54. The highest BCUT2D eigenvalue weighted by atomic mass is 19.1. The minimum atomic E-state index is -0.333. The summed E-state index contributed by atoms with van der Waals surface area (Å²) in [7, 11) is 1.92. The van der Waals surface area contributed by atoms with Gasteiger partial charge < -0.3 is 9.88 Å². The summed E-state index contributed by atoms with van der Waals surface area (Å²) in [6.07, 6.45) is 7.82. The van der Waals surface area contributed by atoms with E-state index in [0.717, 1.165) is 40.8 Å². The topological polar surface area (TPSA) is 31.9 Å². The molecule has 1 aliphatic carbocycles. The van der Waals surface area contributed by atoms with Crippen LogP contribution in [0.25, 0.3) is 11.0 Å². The van der Waals surface area contributed by atoms with Gasteiger partial charge in [0, 0.05) is 36.4 Å². The van der Waals surface area contributed by atoms with E-state index in [-0.39, 0.29) is 6.67 Å². The summed E-state index contributed by atoms with van der Waals surface area (Å²) >= 11 is 0. The predicted molar refractivity (Wildman–Crippen MR) is 87.0 cm³/mol. The Morgan fingerprint density at radius 3 is 3.14 bits per heavy atom. The van der Waals surface area contributed by atoms with Gasteiger partial charge in [0.2, 0.25) is 0 Å². The maximum absolute atomic E-state index is 12.4. The van der Waals surface area contributed by atoms with Gasteiger partial charge in [-0.15, -0.1) is 0 Å². The van der Waals surface area contributed by atoms with E-state index in [9.17, 15) is 4.39 Å². The van der Waals surface area contributed by atoms with Gasteiger partial charge in [-0.2, -0.15) is 0 Å². The van der Waals surface area contributed by atoms with Gasteiger partial charge in [-0.05, 0) is 43.0 Å². The van der Waals surface area contributed by atoms with Crippen LogP contribution in [0.15, 0.2) is 47.8 Å². The molecule has 0 spiro atoms. The third-order valence-corrected chi connectivity index (χ3v) is 3.73. The number of halogens is 1. The number of allylic oxidation sites excluding steroid dienone is 4. The third-order valence-electron chi connectivity index (χ3n) is 3.73. The number of alkyl halides is 1. The standard InChI is InChI=1S/C18H18FN3/c1-22(11-9-19)17-6-2-4-14(12-17)7-8-16-13-15-5-3-10-20-18(15)21-16/h3-5,10,12-13H,2,6,9,11H2,1H3,(H,20,21). The molecule has 0 aromatic carbocycles. The van der Waals surface area contributed by atoms with Crippen LogP contribution >= 0.6 is 0 Å². The summed E-state index contributed by atoms with van der Waals surface area (Å²) in [5, 5.41) is 1.06. The molecule has 4 heteroatoms. The Balaban J connectivity index is 1.79. The van der Waals surface area contributed by atoms with Gasteiger partial charge in [-0.3, -0.25) is 0 Å². The molecule has 0 saturated carbocycles. The number of aromatic amines is 1. The zero-order valence-corrected chi connectivity index (χ0v) is 12.6. The zero-order valence-electron chi connectivity index (χ0n) is 12.6. The number of pyridine rings is 1. The zero-order chi connectivity index (χ0) is 15.4. The third kappa shape index (κ3) is 3.20. The molecule has 3 rings (SSSR count). The molecule has 0 aliphatic heterocycles. The van der Waals surface area contributed by atoms with Crippen LogP contribution in [0.4, 0.5) is 4.39 Å². The molecule has 0 saturated heterocycles. The molecule has 1 N–H and O–H groups in total. The van der Waals surface area contributed by atoms with Crippen molar-refractivity contribution in [3.63, 3.8) is 0 Å². The molecular weight excluding hydrogens is 277 g/mol. The second-order valence-electron chi connectivity index (χ2n) is 5.32. The summed E-state index contributed by atoms with van der Waals surface area (Å²) in [5.41, 5.74) is 3.83. The molecule has 2 aromatic heterocycles. The molecular formula is C18H18FN3. The highest BCUT2D eigenvalue weighted by molar-refractivity contribution is 5.77. The SMILES string of the molecule is CN(CCF)C1=CC(C#Cc2cc3cccnc3[nH]2)=CCC1. The summed E-state index contributed by atoms with van der Waals surface area (Å²) < 4.78 is 12.4. The van der Waals surface area contributed by atoms with Crippen LogP contribution in [0, 0.1) is 11.8 Å². The van der Waals surface area contributed by atoms with Crippen molar-refractivity contribution in [2.24, 2.45) is 0 Å². The smallest absolute Gasteiger partial charge is 0.138 e. The second kappa shape index (κ2) is 6.48. The van der Waals surface area contributed by atoms with Gasteiger partial charge in [0.1, 0.15) is 12.3 Å². The van der Waals surface area contributed by atoms with Gasteiger partial charge in [0.25, 0.3) is 0 Å². The summed E-state index contributed by atoms with van der Waals surface area (Å²) in [6.45, 7) is 0.0981. The van der Waals surface area contributed by atoms with Crippen molar-refractivity contribution in [3.05, 3.63) is 53.5 Å². The molecule has 0 unspecified atom stereocenters. The Labute approximate surface area is 129 Å². The van der Waals surface area contributed by atoms with E-state index in [0.29, 0.717) is 6.54 Å². The minimum absolute atomic E-state index is 0.333. The van der Waals surface area contributed by atoms with Crippen LogP contribution in [-0.4, -0.2) is 35.1 Å². The van der Waals surface area contributed by atoms with E-state index in [2.05, 4.69) is 27.9 Å². The van der Waals surface area contributed by atoms with E-state index in [1.807, 2.05) is 36.2 Å². The van der Waals surface area contributed by atoms with Crippen molar-refractivity contribution >= 4 is 11.0 Å². The van der Waals surface area contributed by atoms with Crippen molar-refractivity contribution in [1.29, 1.82) is 0 Å². The number of rotatable bonds is 3. The van der Waals surface area contributed by atoms with E-state index >= 15 is 0 Å². The summed E-state index contributed by atoms with van der Waals surface area (Å²) in [5.74, 6) is 6.33. The first-order valence-electron chi connectivity index (χ1n) is 7.40. The number of fused-ring (bicyclic) bond motifs is 1. The quantitative estimate of drug-likeness (QED) is 0.880. The largest absolute Gasteiger partial charge is 0.375 e. The van der Waals surface area contributed by atoms with E-state index in [1.54, 1.807) is 6.20 Å². The lowest BCUT2D eigenvalue weighted by atomic mass is 10.0. The monoisotopic (exact) mass is 295 g/mol. The van der Waals surface area contributed by atoms with Crippen LogP contribution < -0.4 is 0 Å². The molecule has 0 radical (unpaired) electrons. The van der Waals surface area contributed by atoms with Gasteiger partial charge in [-0.1, -0.05) is 12.0 Å². The number of nitrogens with one attached hydrogen (secondary N) is 1. The molecule has 3 nitrogen and oxygen atoms in total. The fourth-order valence-electron chi connectivity index (χ4n) is 2.51. The lowest BCUT2D eigenvalue weighted by Gasteiger charge is -2.23. The summed E-state index contributed by atoms with van der Waals surface area (Å²) in [4.78, 5) is 9.42. The number of H-pyrrole nitrogens is 1. The Bertz CT molecular complexity index is 756. The fourth-order valence-corrected chi connectivity index (χ4v) is 2.51. The first kappa shape index (κ1) is 14.4. The lowest BCUT2D eigenvalue weighted by Crippen LogP contribution is -2.21. The number of hydrogen-bond acceptors (Lipinski definition) is 2. The molecule has 112 valence electrons. The lowest BCUT2D eigenvalue weighted by molar-refractivity contribution is 0.341. The highest BCUT2D eigenvalue weighted by Crippen LogP contribution is 2.19. The molecule has 22 heavy (non-hydrogen) atoms. The van der Waals surface area contributed by atoms with Crippen LogP contribution in [0.2, 0.25) is 0 Å². The number of nitrogens with zero attached hydrogens (tertiary/aromatic N) is 2.